The average molecular weight is 227 g/mol. The van der Waals surface area contributed by atoms with Crippen LogP contribution in [-0.4, -0.2) is 14.4 Å². The summed E-state index contributed by atoms with van der Waals surface area (Å²) in [7, 11) is -4.52. The van der Waals surface area contributed by atoms with Crippen LogP contribution in [0, 0.1) is 0 Å². The SMILES string of the molecule is [N-]=[N+]=NS(=O)(=O)OC(=O)c1ccccc1. The van der Waals surface area contributed by atoms with Gasteiger partial charge in [0, 0.05) is 4.91 Å². The van der Waals surface area contributed by atoms with Crippen molar-refractivity contribution >= 4 is 16.3 Å². The third-order valence-corrected chi connectivity index (χ3v) is 1.96. The zero-order valence-corrected chi connectivity index (χ0v) is 8.09. The lowest BCUT2D eigenvalue weighted by Crippen LogP contribution is -2.10. The summed E-state index contributed by atoms with van der Waals surface area (Å²) in [6.45, 7) is 0. The molecule has 0 fully saturated rings. The maximum Gasteiger partial charge on any atom is 0.405 e. The van der Waals surface area contributed by atoms with Gasteiger partial charge in [-0.1, -0.05) is 18.2 Å². The highest BCUT2D eigenvalue weighted by Crippen LogP contribution is 2.05. The topological polar surface area (TPSA) is 109 Å². The second-order valence-electron chi connectivity index (χ2n) is 2.34. The van der Waals surface area contributed by atoms with Gasteiger partial charge in [-0.15, -0.1) is 0 Å². The monoisotopic (exact) mass is 227 g/mol. The normalized spacial score (nSPS) is 10.1. The Labute approximate surface area is 85.2 Å². The van der Waals surface area contributed by atoms with Crippen molar-refractivity contribution < 1.29 is 17.4 Å². The fraction of sp³-hybridized carbons (Fsp3) is 0. The van der Waals surface area contributed by atoms with Crippen LogP contribution in [0.1, 0.15) is 10.4 Å². The van der Waals surface area contributed by atoms with E-state index in [-0.39, 0.29) is 5.56 Å². The minimum atomic E-state index is -4.52. The number of carbonyl (C=O) groups excluding carboxylic acids is 1. The molecular weight excluding hydrogens is 222 g/mol. The molecule has 0 heterocycles. The second-order valence-corrected chi connectivity index (χ2v) is 3.52. The molecule has 0 N–H and O–H groups in total. The Morgan fingerprint density at radius 2 is 1.93 bits per heavy atom. The van der Waals surface area contributed by atoms with E-state index in [4.69, 9.17) is 5.53 Å². The third kappa shape index (κ3) is 3.29. The van der Waals surface area contributed by atoms with Crippen LogP contribution >= 0.6 is 0 Å². The summed E-state index contributed by atoms with van der Waals surface area (Å²) in [6, 6.07) is 7.47. The van der Waals surface area contributed by atoms with E-state index >= 15 is 0 Å². The van der Waals surface area contributed by atoms with E-state index in [0.717, 1.165) is 0 Å². The van der Waals surface area contributed by atoms with Crippen LogP contribution in [0.4, 0.5) is 0 Å². The molecule has 0 saturated carbocycles. The van der Waals surface area contributed by atoms with Gasteiger partial charge in [0.25, 0.3) is 0 Å². The Morgan fingerprint density at radius 1 is 1.33 bits per heavy atom. The Balaban J connectivity index is 2.86. The standard InChI is InChI=1S/C7H5N3O4S/c8-9-10-15(12,13)14-7(11)6-4-2-1-3-5-6/h1-5H. The number of benzene rings is 1. The molecule has 7 nitrogen and oxygen atoms in total. The minimum Gasteiger partial charge on any atom is -0.335 e. The summed E-state index contributed by atoms with van der Waals surface area (Å²) in [4.78, 5) is 13.2. The van der Waals surface area contributed by atoms with Crippen molar-refractivity contribution in [1.29, 1.82) is 0 Å². The highest BCUT2D eigenvalue weighted by molar-refractivity contribution is 7.85. The van der Waals surface area contributed by atoms with E-state index in [9.17, 15) is 13.2 Å². The van der Waals surface area contributed by atoms with Crippen molar-refractivity contribution in [2.24, 2.45) is 4.52 Å². The van der Waals surface area contributed by atoms with Crippen LogP contribution < -0.4 is 0 Å². The zero-order chi connectivity index (χ0) is 11.3. The number of carbonyl (C=O) groups is 1. The van der Waals surface area contributed by atoms with Crippen LogP contribution in [0.15, 0.2) is 34.9 Å². The maximum atomic E-state index is 11.2. The summed E-state index contributed by atoms with van der Waals surface area (Å²) in [5.41, 5.74) is 7.92. The van der Waals surface area contributed by atoms with E-state index in [0.29, 0.717) is 0 Å². The van der Waals surface area contributed by atoms with E-state index in [1.54, 1.807) is 6.07 Å². The molecule has 0 amide bonds. The Hall–Kier alpha value is -2.05. The molecule has 15 heavy (non-hydrogen) atoms. The molecule has 0 bridgehead atoms. The van der Waals surface area contributed by atoms with Gasteiger partial charge in [-0.05, 0) is 17.7 Å². The molecule has 78 valence electrons. The van der Waals surface area contributed by atoms with Gasteiger partial charge in [0.05, 0.1) is 10.1 Å². The Morgan fingerprint density at radius 3 is 2.47 bits per heavy atom. The van der Waals surface area contributed by atoms with Gasteiger partial charge >= 0.3 is 16.3 Å². The van der Waals surface area contributed by atoms with E-state index in [2.05, 4.69) is 8.70 Å². The first-order valence-corrected chi connectivity index (χ1v) is 5.02. The maximum absolute atomic E-state index is 11.2. The summed E-state index contributed by atoms with van der Waals surface area (Å²) < 4.78 is 27.8. The first-order valence-electron chi connectivity index (χ1n) is 3.65. The molecule has 1 rings (SSSR count). The van der Waals surface area contributed by atoms with Gasteiger partial charge in [0.15, 0.2) is 0 Å². The molecule has 0 radical (unpaired) electrons. The fourth-order valence-corrected chi connectivity index (χ4v) is 1.19. The smallest absolute Gasteiger partial charge is 0.335 e. The van der Waals surface area contributed by atoms with Gasteiger partial charge < -0.3 is 4.18 Å². The molecule has 0 unspecified atom stereocenters. The van der Waals surface area contributed by atoms with Crippen LogP contribution in [0.2, 0.25) is 0 Å². The fourth-order valence-electron chi connectivity index (χ4n) is 0.779. The molecular formula is C7H5N3O4S. The minimum absolute atomic E-state index is 0.0502. The Kier molecular flexibility index (Phi) is 3.27. The number of rotatable bonds is 3. The lowest BCUT2D eigenvalue weighted by atomic mass is 10.2. The summed E-state index contributed by atoms with van der Waals surface area (Å²) in [5, 5.41) is 0. The quantitative estimate of drug-likeness (QED) is 0.441. The lowest BCUT2D eigenvalue weighted by molar-refractivity contribution is 0.0747. The van der Waals surface area contributed by atoms with E-state index in [1.807, 2.05) is 4.91 Å². The van der Waals surface area contributed by atoms with Gasteiger partial charge in [-0.25, -0.2) is 4.79 Å². The van der Waals surface area contributed by atoms with Crippen molar-refractivity contribution in [3.8, 4) is 0 Å². The molecule has 0 aliphatic heterocycles. The first-order chi connectivity index (χ1) is 7.05. The average Bonchev–Trinajstić information content (AvgIpc) is 2.18. The van der Waals surface area contributed by atoms with Crippen molar-refractivity contribution in [2.45, 2.75) is 0 Å². The molecule has 1 aromatic carbocycles. The largest absolute Gasteiger partial charge is 0.405 e. The third-order valence-electron chi connectivity index (χ3n) is 1.33. The summed E-state index contributed by atoms with van der Waals surface area (Å²) >= 11 is 0. The number of hydrogen-bond donors (Lipinski definition) is 0. The first kappa shape index (κ1) is 11.0. The Bertz CT molecular complexity index is 504. The van der Waals surface area contributed by atoms with Crippen molar-refractivity contribution in [1.82, 2.24) is 0 Å². The zero-order valence-electron chi connectivity index (χ0n) is 7.27. The van der Waals surface area contributed by atoms with Crippen molar-refractivity contribution in [2.75, 3.05) is 0 Å². The summed E-state index contributed by atoms with van der Waals surface area (Å²) in [5.74, 6) is -1.09. The number of hydrogen-bond acceptors (Lipinski definition) is 4. The molecule has 0 spiro atoms. The highest BCUT2D eigenvalue weighted by atomic mass is 32.2. The van der Waals surface area contributed by atoms with E-state index < -0.39 is 16.3 Å². The van der Waals surface area contributed by atoms with Gasteiger partial charge in [0.2, 0.25) is 0 Å². The molecule has 0 saturated heterocycles. The van der Waals surface area contributed by atoms with Crippen molar-refractivity contribution in [3.05, 3.63) is 46.3 Å². The van der Waals surface area contributed by atoms with Crippen LogP contribution in [0.25, 0.3) is 10.4 Å². The van der Waals surface area contributed by atoms with Crippen LogP contribution in [-0.2, 0) is 14.5 Å². The molecule has 0 atom stereocenters. The van der Waals surface area contributed by atoms with Gasteiger partial charge in [-0.3, -0.25) is 0 Å². The van der Waals surface area contributed by atoms with Crippen LogP contribution in [0.5, 0.6) is 0 Å². The highest BCUT2D eigenvalue weighted by Gasteiger charge is 2.16. The van der Waals surface area contributed by atoms with Crippen molar-refractivity contribution in [3.63, 3.8) is 0 Å². The van der Waals surface area contributed by atoms with Gasteiger partial charge in [0.1, 0.15) is 0 Å². The predicted molar refractivity (Wildman–Crippen MR) is 49.9 cm³/mol. The number of nitrogens with zero attached hydrogens (tertiary/aromatic N) is 3. The van der Waals surface area contributed by atoms with Gasteiger partial charge in [-0.2, -0.15) is 8.42 Å². The molecule has 0 aliphatic carbocycles. The molecule has 0 aromatic heterocycles. The molecule has 8 heteroatoms. The predicted octanol–water partition coefficient (Wildman–Crippen LogP) is 1.40. The summed E-state index contributed by atoms with van der Waals surface area (Å²) in [6.07, 6.45) is 0. The van der Waals surface area contributed by atoms with E-state index in [1.165, 1.54) is 24.3 Å². The lowest BCUT2D eigenvalue weighted by Gasteiger charge is -1.99. The number of azide groups is 1. The van der Waals surface area contributed by atoms with Crippen LogP contribution in [0.3, 0.4) is 0 Å². The molecule has 0 aliphatic rings. The second kappa shape index (κ2) is 4.45. The molecule has 1 aromatic rings.